The lowest BCUT2D eigenvalue weighted by atomic mass is 9.55. The van der Waals surface area contributed by atoms with E-state index in [4.69, 9.17) is 14.6 Å². The number of aliphatic hydroxyl groups is 1. The van der Waals surface area contributed by atoms with Gasteiger partial charge in [-0.3, -0.25) is 0 Å². The molecule has 2 aromatic rings. The van der Waals surface area contributed by atoms with Crippen LogP contribution in [0.3, 0.4) is 0 Å². The number of hydrogen-bond donors (Lipinski definition) is 1. The molecule has 5 atom stereocenters. The van der Waals surface area contributed by atoms with Gasteiger partial charge in [-0.15, -0.1) is 0 Å². The number of halogens is 11. The summed E-state index contributed by atoms with van der Waals surface area (Å²) in [5.74, 6) is -0.421. The minimum absolute atomic E-state index is 0.0772. The average Bonchev–Trinajstić information content (AvgIpc) is 3.31. The number of hydrogen-bond acceptors (Lipinski definition) is 4. The van der Waals surface area contributed by atoms with E-state index in [1.165, 1.54) is 5.56 Å². The summed E-state index contributed by atoms with van der Waals surface area (Å²) in [6.07, 6.45) is -16.7. The van der Waals surface area contributed by atoms with Crippen molar-refractivity contribution >= 4 is 0 Å². The number of fused-ring (bicyclic) bond motifs is 5. The topological polar surface area (TPSA) is 47.9 Å². The summed E-state index contributed by atoms with van der Waals surface area (Å²) in [6.45, 7) is -0.600. The minimum Gasteiger partial charge on any atom is -0.489 e. The summed E-state index contributed by atoms with van der Waals surface area (Å²) in [5.41, 5.74) is -4.48. The maximum Gasteiger partial charge on any atom is 0.435 e. The zero-order valence-electron chi connectivity index (χ0n) is 25.8. The zero-order chi connectivity index (χ0) is 35.3. The summed E-state index contributed by atoms with van der Waals surface area (Å²) >= 11 is 0. The SMILES string of the molecule is C[C@]12CCC3c4ccc(OCc5cc(F)c(CO)c(F)c5)cc4CCC3C1CC[C@@H]2OCCCOC(C(F)(F)F)(C(F)(F)F)C(F)(F)F. The van der Waals surface area contributed by atoms with Gasteiger partial charge in [0, 0.05) is 12.2 Å². The van der Waals surface area contributed by atoms with Crippen molar-refractivity contribution in [2.24, 2.45) is 17.3 Å². The van der Waals surface area contributed by atoms with Crippen LogP contribution in [0.5, 0.6) is 5.75 Å². The van der Waals surface area contributed by atoms with Gasteiger partial charge in [-0.25, -0.2) is 8.78 Å². The molecule has 3 unspecified atom stereocenters. The van der Waals surface area contributed by atoms with Crippen molar-refractivity contribution in [1.29, 1.82) is 0 Å². The molecule has 2 fully saturated rings. The van der Waals surface area contributed by atoms with Gasteiger partial charge in [0.2, 0.25) is 0 Å². The molecule has 0 radical (unpaired) electrons. The first-order chi connectivity index (χ1) is 22.3. The van der Waals surface area contributed by atoms with Gasteiger partial charge in [0.25, 0.3) is 0 Å². The van der Waals surface area contributed by atoms with Crippen molar-refractivity contribution in [1.82, 2.24) is 0 Å². The molecule has 3 aliphatic rings. The highest BCUT2D eigenvalue weighted by atomic mass is 19.4. The Morgan fingerprint density at radius 2 is 1.48 bits per heavy atom. The highest BCUT2D eigenvalue weighted by molar-refractivity contribution is 5.41. The van der Waals surface area contributed by atoms with Gasteiger partial charge in [0.15, 0.2) is 0 Å². The normalized spacial score (nSPS) is 26.2. The molecule has 2 aromatic carbocycles. The number of rotatable bonds is 10. The van der Waals surface area contributed by atoms with Gasteiger partial charge in [0.1, 0.15) is 24.0 Å². The first-order valence-electron chi connectivity index (χ1n) is 15.6. The molecule has 2 saturated carbocycles. The number of aryl methyl sites for hydroxylation is 1. The summed E-state index contributed by atoms with van der Waals surface area (Å²) in [4.78, 5) is 0. The molecule has 0 amide bonds. The van der Waals surface area contributed by atoms with Crippen molar-refractivity contribution in [3.05, 3.63) is 64.2 Å². The predicted octanol–water partition coefficient (Wildman–Crippen LogP) is 9.11. The molecule has 0 saturated heterocycles. The Morgan fingerprint density at radius 1 is 0.833 bits per heavy atom. The third-order valence-electron chi connectivity index (χ3n) is 10.5. The fourth-order valence-corrected chi connectivity index (χ4v) is 8.17. The van der Waals surface area contributed by atoms with Crippen LogP contribution in [0.2, 0.25) is 0 Å². The van der Waals surface area contributed by atoms with Gasteiger partial charge in [-0.2, -0.15) is 39.5 Å². The molecular weight excluding hydrogens is 669 g/mol. The van der Waals surface area contributed by atoms with Crippen LogP contribution in [0.4, 0.5) is 48.3 Å². The Kier molecular flexibility index (Phi) is 10.1. The van der Waals surface area contributed by atoms with E-state index in [0.717, 1.165) is 49.8 Å². The van der Waals surface area contributed by atoms with Crippen LogP contribution < -0.4 is 4.74 Å². The molecule has 4 nitrogen and oxygen atoms in total. The highest BCUT2D eigenvalue weighted by Crippen LogP contribution is 2.62. The van der Waals surface area contributed by atoms with E-state index < -0.39 is 61.0 Å². The maximum absolute atomic E-state index is 14.0. The molecular formula is C33H35F11O4. The summed E-state index contributed by atoms with van der Waals surface area (Å²) in [5, 5.41) is 9.10. The molecule has 0 aliphatic heterocycles. The molecule has 268 valence electrons. The third kappa shape index (κ3) is 6.50. The molecule has 48 heavy (non-hydrogen) atoms. The Balaban J connectivity index is 1.17. The number of aliphatic hydroxyl groups excluding tert-OH is 1. The van der Waals surface area contributed by atoms with E-state index >= 15 is 0 Å². The molecule has 15 heteroatoms. The fraction of sp³-hybridized carbons (Fsp3) is 0.636. The Bertz CT molecular complexity index is 1400. The van der Waals surface area contributed by atoms with E-state index in [-0.39, 0.29) is 42.1 Å². The Morgan fingerprint density at radius 3 is 2.08 bits per heavy atom. The molecule has 0 bridgehead atoms. The Labute approximate surface area is 269 Å². The van der Waals surface area contributed by atoms with Crippen molar-refractivity contribution < 1.29 is 67.6 Å². The van der Waals surface area contributed by atoms with Gasteiger partial charge in [0.05, 0.1) is 19.3 Å². The average molecular weight is 705 g/mol. The number of alkyl halides is 9. The minimum atomic E-state index is -6.77. The lowest BCUT2D eigenvalue weighted by Crippen LogP contribution is -2.67. The predicted molar refractivity (Wildman–Crippen MR) is 149 cm³/mol. The van der Waals surface area contributed by atoms with Crippen molar-refractivity contribution in [3.63, 3.8) is 0 Å². The molecule has 1 N–H and O–H groups in total. The van der Waals surface area contributed by atoms with Crippen LogP contribution in [-0.2, 0) is 29.1 Å². The van der Waals surface area contributed by atoms with Crippen molar-refractivity contribution in [2.75, 3.05) is 13.2 Å². The van der Waals surface area contributed by atoms with Crippen LogP contribution in [0.15, 0.2) is 30.3 Å². The van der Waals surface area contributed by atoms with Crippen molar-refractivity contribution in [3.8, 4) is 5.75 Å². The highest BCUT2D eigenvalue weighted by Gasteiger charge is 2.85. The smallest absolute Gasteiger partial charge is 0.435 e. The zero-order valence-corrected chi connectivity index (χ0v) is 25.8. The van der Waals surface area contributed by atoms with Crippen LogP contribution in [0, 0.1) is 28.9 Å². The third-order valence-corrected chi connectivity index (χ3v) is 10.5. The van der Waals surface area contributed by atoms with Gasteiger partial charge >= 0.3 is 24.1 Å². The van der Waals surface area contributed by atoms with Gasteiger partial charge in [-0.05, 0) is 109 Å². The van der Waals surface area contributed by atoms with E-state index in [0.29, 0.717) is 18.1 Å². The number of ether oxygens (including phenoxy) is 3. The van der Waals surface area contributed by atoms with E-state index in [1.54, 1.807) is 6.07 Å². The van der Waals surface area contributed by atoms with E-state index in [2.05, 4.69) is 11.7 Å². The fourth-order valence-electron chi connectivity index (χ4n) is 8.17. The van der Waals surface area contributed by atoms with E-state index in [1.807, 2.05) is 12.1 Å². The number of benzene rings is 2. The van der Waals surface area contributed by atoms with Gasteiger partial charge < -0.3 is 19.3 Å². The molecule has 0 spiro atoms. The summed E-state index contributed by atoms with van der Waals surface area (Å²) in [6, 6.07) is 7.94. The second kappa shape index (κ2) is 13.2. The van der Waals surface area contributed by atoms with Crippen LogP contribution in [0.1, 0.15) is 73.6 Å². The Hall–Kier alpha value is -2.65. The second-order valence-corrected chi connectivity index (χ2v) is 13.1. The maximum atomic E-state index is 14.0. The second-order valence-electron chi connectivity index (χ2n) is 13.1. The quantitative estimate of drug-likeness (QED) is 0.198. The molecule has 3 aliphatic carbocycles. The summed E-state index contributed by atoms with van der Waals surface area (Å²) < 4.78 is 161. The first kappa shape index (κ1) is 36.6. The van der Waals surface area contributed by atoms with Gasteiger partial charge in [-0.1, -0.05) is 13.0 Å². The molecule has 5 rings (SSSR count). The lowest BCUT2D eigenvalue weighted by Gasteiger charge is -2.50. The standard InChI is InChI=1S/C33H35F11O4/c1-29-10-9-22-21-6-4-20(47-17-18-13-26(34)24(16-45)27(35)14-18)15-19(21)3-5-23(22)25(29)7-8-28(29)46-11-2-12-48-30(31(36,37)38,32(39,40)41)33(42,43)44/h4,6,13-15,22-23,25,28,45H,2-3,5,7-12,16-17H2,1H3/t22?,23?,25?,28-,29-/m0/s1. The lowest BCUT2D eigenvalue weighted by molar-refractivity contribution is -0.457. The van der Waals surface area contributed by atoms with Crippen LogP contribution >= 0.6 is 0 Å². The summed E-state index contributed by atoms with van der Waals surface area (Å²) in [7, 11) is 0. The monoisotopic (exact) mass is 704 g/mol. The largest absolute Gasteiger partial charge is 0.489 e. The van der Waals surface area contributed by atoms with Crippen LogP contribution in [0.25, 0.3) is 0 Å². The van der Waals surface area contributed by atoms with Crippen molar-refractivity contribution in [2.45, 2.75) is 101 Å². The molecule has 0 heterocycles. The van der Waals surface area contributed by atoms with Crippen LogP contribution in [-0.4, -0.2) is 48.6 Å². The van der Waals surface area contributed by atoms with E-state index in [9.17, 15) is 48.3 Å². The molecule has 0 aromatic heterocycles. The first-order valence-corrected chi connectivity index (χ1v) is 15.6.